The van der Waals surface area contributed by atoms with E-state index in [0.29, 0.717) is 24.8 Å². The molecule has 3 aromatic rings. The summed E-state index contributed by atoms with van der Waals surface area (Å²) >= 11 is 1.77. The highest BCUT2D eigenvalue weighted by Gasteiger charge is 2.23. The van der Waals surface area contributed by atoms with E-state index in [-0.39, 0.29) is 0 Å². The molecule has 0 aliphatic carbocycles. The molecule has 5 heterocycles. The Morgan fingerprint density at radius 3 is 2.61 bits per heavy atom. The molecule has 0 amide bonds. The highest BCUT2D eigenvalue weighted by atomic mass is 32.2. The third kappa shape index (κ3) is 5.02. The van der Waals surface area contributed by atoms with Crippen molar-refractivity contribution in [2.45, 2.75) is 6.54 Å². The van der Waals surface area contributed by atoms with Crippen LogP contribution in [0.1, 0.15) is 4.88 Å². The Hall–Kier alpha value is -2.18. The van der Waals surface area contributed by atoms with Crippen LogP contribution in [0.5, 0.6) is 5.75 Å². The summed E-state index contributed by atoms with van der Waals surface area (Å²) in [7, 11) is 0.738. The summed E-state index contributed by atoms with van der Waals surface area (Å²) in [6.07, 6.45) is 5.21. The van der Waals surface area contributed by atoms with Gasteiger partial charge in [-0.25, -0.2) is 18.5 Å². The molecule has 0 N–H and O–H groups in total. The quantitative estimate of drug-likeness (QED) is 0.521. The molecule has 11 heteroatoms. The predicted octanol–water partition coefficient (Wildman–Crippen LogP) is 2.01. The summed E-state index contributed by atoms with van der Waals surface area (Å²) in [5.41, 5.74) is 1.79. The lowest BCUT2D eigenvalue weighted by Crippen LogP contribution is -2.46. The Morgan fingerprint density at radius 2 is 1.88 bits per heavy atom. The van der Waals surface area contributed by atoms with E-state index in [4.69, 9.17) is 19.4 Å². The van der Waals surface area contributed by atoms with Gasteiger partial charge >= 0.3 is 0 Å². The maximum atomic E-state index is 11.7. The van der Waals surface area contributed by atoms with Crippen molar-refractivity contribution in [1.82, 2.24) is 24.2 Å². The topological polar surface area (TPSA) is 83.9 Å². The van der Waals surface area contributed by atoms with Crippen LogP contribution in [-0.4, -0.2) is 94.2 Å². The number of morpholine rings is 1. The van der Waals surface area contributed by atoms with E-state index in [0.717, 1.165) is 67.4 Å². The highest BCUT2D eigenvalue weighted by Crippen LogP contribution is 2.35. The Balaban J connectivity index is 1.47. The maximum absolute atomic E-state index is 11.7. The molecule has 9 nitrogen and oxygen atoms in total. The van der Waals surface area contributed by atoms with Crippen LogP contribution < -0.4 is 9.64 Å². The fraction of sp³-hybridized carbons (Fsp3) is 0.500. The van der Waals surface area contributed by atoms with Crippen LogP contribution in [0.25, 0.3) is 21.6 Å². The molecule has 176 valence electrons. The van der Waals surface area contributed by atoms with E-state index in [9.17, 15) is 4.21 Å². The Kier molecular flexibility index (Phi) is 6.84. The third-order valence-corrected chi connectivity index (χ3v) is 8.19. The first kappa shape index (κ1) is 22.6. The number of anilines is 1. The minimum Gasteiger partial charge on any atom is -0.495 e. The summed E-state index contributed by atoms with van der Waals surface area (Å²) in [6.45, 7) is 7.37. The summed E-state index contributed by atoms with van der Waals surface area (Å²) < 4.78 is 25.8. The number of aromatic nitrogens is 3. The molecule has 0 spiro atoms. The zero-order valence-electron chi connectivity index (χ0n) is 18.9. The first-order chi connectivity index (χ1) is 16.1. The SMILES string of the molecule is COc1cncc(-c2nc(N3CCOCC3)c3sc(CN4CCN(S(C)=O)CC4)cc3n2)c1. The minimum absolute atomic E-state index is 0.652. The number of thiophene rings is 1. The van der Waals surface area contributed by atoms with Crippen molar-refractivity contribution in [1.29, 1.82) is 0 Å². The summed E-state index contributed by atoms with van der Waals surface area (Å²) in [5, 5.41) is 0. The van der Waals surface area contributed by atoms with Gasteiger partial charge in [-0.3, -0.25) is 9.88 Å². The Bertz CT molecular complexity index is 1140. The highest BCUT2D eigenvalue weighted by molar-refractivity contribution is 7.81. The van der Waals surface area contributed by atoms with Gasteiger partial charge in [0.15, 0.2) is 11.6 Å². The molecule has 0 radical (unpaired) electrons. The second-order valence-electron chi connectivity index (χ2n) is 8.14. The minimum atomic E-state index is -0.894. The molecule has 1 unspecified atom stereocenters. The van der Waals surface area contributed by atoms with Gasteiger partial charge in [0.05, 0.1) is 47.7 Å². The monoisotopic (exact) mass is 488 g/mol. The van der Waals surface area contributed by atoms with Gasteiger partial charge in [-0.15, -0.1) is 11.3 Å². The van der Waals surface area contributed by atoms with Crippen molar-refractivity contribution in [2.75, 3.05) is 70.7 Å². The van der Waals surface area contributed by atoms with Crippen molar-refractivity contribution in [3.05, 3.63) is 29.4 Å². The molecule has 2 fully saturated rings. The van der Waals surface area contributed by atoms with Crippen molar-refractivity contribution in [3.63, 3.8) is 0 Å². The van der Waals surface area contributed by atoms with Crippen molar-refractivity contribution in [3.8, 4) is 17.1 Å². The molecule has 2 aliphatic heterocycles. The predicted molar refractivity (Wildman–Crippen MR) is 131 cm³/mol. The standard InChI is InChI=1S/C22H28N6O3S2/c1-30-17-11-16(13-23-14-17)21-24-19-12-18(15-26-3-5-28(6-4-26)33(2)29)32-20(19)22(25-21)27-7-9-31-10-8-27/h11-14H,3-10,15H2,1-2H3. The van der Waals surface area contributed by atoms with E-state index < -0.39 is 11.0 Å². The van der Waals surface area contributed by atoms with Crippen molar-refractivity contribution in [2.24, 2.45) is 0 Å². The van der Waals surface area contributed by atoms with Crippen LogP contribution in [0.15, 0.2) is 24.5 Å². The third-order valence-electron chi connectivity index (χ3n) is 6.00. The lowest BCUT2D eigenvalue weighted by molar-refractivity contribution is 0.122. The van der Waals surface area contributed by atoms with Gasteiger partial charge in [0, 0.05) is 68.7 Å². The number of hydrogen-bond donors (Lipinski definition) is 0. The Morgan fingerprint density at radius 1 is 1.09 bits per heavy atom. The number of ether oxygens (including phenoxy) is 2. The van der Waals surface area contributed by atoms with Crippen LogP contribution in [0, 0.1) is 0 Å². The summed E-state index contributed by atoms with van der Waals surface area (Å²) in [6, 6.07) is 4.11. The van der Waals surface area contributed by atoms with Crippen molar-refractivity contribution >= 4 is 38.4 Å². The largest absolute Gasteiger partial charge is 0.495 e. The van der Waals surface area contributed by atoms with Crippen LogP contribution >= 0.6 is 11.3 Å². The number of nitrogens with zero attached hydrogens (tertiary/aromatic N) is 6. The molecule has 1 atom stereocenters. The molecule has 0 aromatic carbocycles. The fourth-order valence-electron chi connectivity index (χ4n) is 4.18. The second kappa shape index (κ2) is 9.98. The van der Waals surface area contributed by atoms with Gasteiger partial charge in [0.25, 0.3) is 0 Å². The fourth-order valence-corrected chi connectivity index (χ4v) is 6.01. The molecule has 2 saturated heterocycles. The van der Waals surface area contributed by atoms with E-state index >= 15 is 0 Å². The molecule has 5 rings (SSSR count). The first-order valence-corrected chi connectivity index (χ1v) is 13.4. The van der Waals surface area contributed by atoms with Gasteiger partial charge in [0.2, 0.25) is 0 Å². The number of rotatable bonds is 6. The smallest absolute Gasteiger partial charge is 0.163 e. The molecule has 2 aliphatic rings. The molecular weight excluding hydrogens is 460 g/mol. The molecular formula is C22H28N6O3S2. The van der Waals surface area contributed by atoms with Gasteiger partial charge in [-0.05, 0) is 12.1 Å². The number of hydrogen-bond acceptors (Lipinski definition) is 9. The van der Waals surface area contributed by atoms with Crippen molar-refractivity contribution < 1.29 is 13.7 Å². The lowest BCUT2D eigenvalue weighted by atomic mass is 10.2. The van der Waals surface area contributed by atoms with Crippen LogP contribution in [0.3, 0.4) is 0 Å². The first-order valence-electron chi connectivity index (χ1n) is 11.0. The second-order valence-corrected chi connectivity index (χ2v) is 10.6. The lowest BCUT2D eigenvalue weighted by Gasteiger charge is -2.32. The Labute approximate surface area is 199 Å². The molecule has 0 saturated carbocycles. The van der Waals surface area contributed by atoms with Gasteiger partial charge in [0.1, 0.15) is 5.75 Å². The van der Waals surface area contributed by atoms with Crippen LogP contribution in [0.2, 0.25) is 0 Å². The zero-order valence-corrected chi connectivity index (χ0v) is 20.5. The van der Waals surface area contributed by atoms with E-state index in [2.05, 4.69) is 20.9 Å². The average molecular weight is 489 g/mol. The van der Waals surface area contributed by atoms with E-state index in [1.807, 2.05) is 10.4 Å². The maximum Gasteiger partial charge on any atom is 0.163 e. The number of fused-ring (bicyclic) bond motifs is 1. The molecule has 33 heavy (non-hydrogen) atoms. The molecule has 0 bridgehead atoms. The van der Waals surface area contributed by atoms with Gasteiger partial charge < -0.3 is 14.4 Å². The van der Waals surface area contributed by atoms with Gasteiger partial charge in [-0.2, -0.15) is 0 Å². The average Bonchev–Trinajstić information content (AvgIpc) is 3.26. The summed E-state index contributed by atoms with van der Waals surface area (Å²) in [4.78, 5) is 20.1. The number of piperazine rings is 1. The van der Waals surface area contributed by atoms with Crippen LogP contribution in [0.4, 0.5) is 5.82 Å². The number of pyridine rings is 1. The zero-order chi connectivity index (χ0) is 22.8. The van der Waals surface area contributed by atoms with Gasteiger partial charge in [-0.1, -0.05) is 0 Å². The van der Waals surface area contributed by atoms with Crippen LogP contribution in [-0.2, 0) is 22.3 Å². The van der Waals surface area contributed by atoms with E-state index in [1.165, 1.54) is 4.88 Å². The number of methoxy groups -OCH3 is 1. The molecule has 3 aromatic heterocycles. The summed E-state index contributed by atoms with van der Waals surface area (Å²) in [5.74, 6) is 2.30. The normalized spacial score (nSPS) is 19.2. The van der Waals surface area contributed by atoms with E-state index in [1.54, 1.807) is 37.1 Å².